The second-order valence-electron chi connectivity index (χ2n) is 3.37. The molecule has 4 heteroatoms. The minimum absolute atomic E-state index is 0.152. The van der Waals surface area contributed by atoms with Gasteiger partial charge in [0.15, 0.2) is 0 Å². The SMILES string of the molecule is CC(C)[C@@H](Cc1cscn1)C(=O)O. The molecule has 0 fully saturated rings. The first-order valence-electron chi connectivity index (χ1n) is 4.21. The highest BCUT2D eigenvalue weighted by atomic mass is 32.1. The third kappa shape index (κ3) is 2.81. The van der Waals surface area contributed by atoms with Crippen LogP contribution in [-0.4, -0.2) is 16.1 Å². The van der Waals surface area contributed by atoms with E-state index in [4.69, 9.17) is 5.11 Å². The van der Waals surface area contributed by atoms with E-state index in [9.17, 15) is 4.79 Å². The predicted molar refractivity (Wildman–Crippen MR) is 51.8 cm³/mol. The van der Waals surface area contributed by atoms with Crippen LogP contribution in [0.3, 0.4) is 0 Å². The van der Waals surface area contributed by atoms with Gasteiger partial charge in [-0.2, -0.15) is 0 Å². The quantitative estimate of drug-likeness (QED) is 0.807. The number of carboxylic acid groups (broad SMARTS) is 1. The number of aromatic nitrogens is 1. The fraction of sp³-hybridized carbons (Fsp3) is 0.556. The summed E-state index contributed by atoms with van der Waals surface area (Å²) in [4.78, 5) is 14.9. The molecular formula is C9H13NO2S. The molecule has 1 aromatic heterocycles. The standard InChI is InChI=1S/C9H13NO2S/c1-6(2)8(9(11)12)3-7-4-13-5-10-7/h4-6,8H,3H2,1-2H3,(H,11,12)/t8-/m1/s1. The normalized spacial score (nSPS) is 13.2. The Balaban J connectivity index is 2.63. The molecule has 3 nitrogen and oxygen atoms in total. The van der Waals surface area contributed by atoms with E-state index in [0.717, 1.165) is 5.69 Å². The molecule has 0 radical (unpaired) electrons. The van der Waals surface area contributed by atoms with Gasteiger partial charge in [0.25, 0.3) is 0 Å². The molecule has 0 amide bonds. The predicted octanol–water partition coefficient (Wildman–Crippen LogP) is 2.04. The van der Waals surface area contributed by atoms with Gasteiger partial charge in [-0.15, -0.1) is 11.3 Å². The molecule has 1 atom stereocenters. The average molecular weight is 199 g/mol. The fourth-order valence-corrected chi connectivity index (χ4v) is 1.74. The third-order valence-electron chi connectivity index (χ3n) is 2.03. The molecule has 72 valence electrons. The molecular weight excluding hydrogens is 186 g/mol. The van der Waals surface area contributed by atoms with E-state index in [2.05, 4.69) is 4.98 Å². The summed E-state index contributed by atoms with van der Waals surface area (Å²) in [5.74, 6) is -0.899. The largest absolute Gasteiger partial charge is 0.481 e. The van der Waals surface area contributed by atoms with Crippen LogP contribution >= 0.6 is 11.3 Å². The van der Waals surface area contributed by atoms with E-state index in [0.29, 0.717) is 6.42 Å². The van der Waals surface area contributed by atoms with Crippen molar-refractivity contribution in [3.05, 3.63) is 16.6 Å². The van der Waals surface area contributed by atoms with Crippen molar-refractivity contribution in [1.82, 2.24) is 4.98 Å². The van der Waals surface area contributed by atoms with Crippen LogP contribution in [0.15, 0.2) is 10.9 Å². The van der Waals surface area contributed by atoms with Gasteiger partial charge in [-0.3, -0.25) is 4.79 Å². The van der Waals surface area contributed by atoms with Crippen molar-refractivity contribution in [2.24, 2.45) is 11.8 Å². The average Bonchev–Trinajstić information content (AvgIpc) is 2.50. The summed E-state index contributed by atoms with van der Waals surface area (Å²) in [6.45, 7) is 3.84. The molecule has 0 aromatic carbocycles. The minimum Gasteiger partial charge on any atom is -0.481 e. The molecule has 1 aromatic rings. The number of hydrogen-bond donors (Lipinski definition) is 1. The van der Waals surface area contributed by atoms with Gasteiger partial charge in [0, 0.05) is 11.8 Å². The van der Waals surface area contributed by atoms with Crippen molar-refractivity contribution >= 4 is 17.3 Å². The second-order valence-corrected chi connectivity index (χ2v) is 4.09. The zero-order chi connectivity index (χ0) is 9.84. The van der Waals surface area contributed by atoms with Gasteiger partial charge >= 0.3 is 5.97 Å². The summed E-state index contributed by atoms with van der Waals surface area (Å²) < 4.78 is 0. The molecule has 0 unspecified atom stereocenters. The maximum absolute atomic E-state index is 10.8. The zero-order valence-corrected chi connectivity index (χ0v) is 8.54. The van der Waals surface area contributed by atoms with Gasteiger partial charge in [-0.05, 0) is 5.92 Å². The van der Waals surface area contributed by atoms with Crippen molar-refractivity contribution in [2.75, 3.05) is 0 Å². The second kappa shape index (κ2) is 4.37. The lowest BCUT2D eigenvalue weighted by atomic mass is 9.92. The monoisotopic (exact) mass is 199 g/mol. The lowest BCUT2D eigenvalue weighted by molar-refractivity contribution is -0.143. The number of carboxylic acids is 1. The maximum Gasteiger partial charge on any atom is 0.307 e. The van der Waals surface area contributed by atoms with Crippen LogP contribution in [0.4, 0.5) is 0 Å². The van der Waals surface area contributed by atoms with Gasteiger partial charge in [-0.1, -0.05) is 13.8 Å². The van der Waals surface area contributed by atoms with Crippen LogP contribution in [0, 0.1) is 11.8 Å². The minimum atomic E-state index is -0.733. The third-order valence-corrected chi connectivity index (χ3v) is 2.67. The Morgan fingerprint density at radius 2 is 2.38 bits per heavy atom. The highest BCUT2D eigenvalue weighted by Gasteiger charge is 2.22. The summed E-state index contributed by atoms with van der Waals surface area (Å²) in [6.07, 6.45) is 0.538. The lowest BCUT2D eigenvalue weighted by Crippen LogP contribution is -2.22. The molecule has 0 aliphatic carbocycles. The van der Waals surface area contributed by atoms with Gasteiger partial charge < -0.3 is 5.11 Å². The summed E-state index contributed by atoms with van der Waals surface area (Å²) in [5.41, 5.74) is 2.61. The number of hydrogen-bond acceptors (Lipinski definition) is 3. The molecule has 0 aliphatic heterocycles. The highest BCUT2D eigenvalue weighted by molar-refractivity contribution is 7.07. The Kier molecular flexibility index (Phi) is 3.42. The van der Waals surface area contributed by atoms with Crippen LogP contribution in [-0.2, 0) is 11.2 Å². The molecule has 13 heavy (non-hydrogen) atoms. The Hall–Kier alpha value is -0.900. The van der Waals surface area contributed by atoms with Crippen LogP contribution < -0.4 is 0 Å². The number of carbonyl (C=O) groups is 1. The smallest absolute Gasteiger partial charge is 0.307 e. The number of aliphatic carboxylic acids is 1. The van der Waals surface area contributed by atoms with E-state index < -0.39 is 5.97 Å². The summed E-state index contributed by atoms with van der Waals surface area (Å²) in [6, 6.07) is 0. The Morgan fingerprint density at radius 3 is 2.77 bits per heavy atom. The van der Waals surface area contributed by atoms with Gasteiger partial charge in [-0.25, -0.2) is 4.98 Å². The Bertz CT molecular complexity index is 269. The van der Waals surface area contributed by atoms with Gasteiger partial charge in [0.2, 0.25) is 0 Å². The lowest BCUT2D eigenvalue weighted by Gasteiger charge is -2.14. The topological polar surface area (TPSA) is 50.2 Å². The van der Waals surface area contributed by atoms with Crippen molar-refractivity contribution in [3.8, 4) is 0 Å². The molecule has 1 heterocycles. The summed E-state index contributed by atoms with van der Waals surface area (Å²) in [5, 5.41) is 10.8. The molecule has 1 N–H and O–H groups in total. The van der Waals surface area contributed by atoms with Crippen LogP contribution in [0.2, 0.25) is 0 Å². The van der Waals surface area contributed by atoms with Crippen LogP contribution in [0.5, 0.6) is 0 Å². The van der Waals surface area contributed by atoms with Crippen LogP contribution in [0.25, 0.3) is 0 Å². The van der Waals surface area contributed by atoms with E-state index >= 15 is 0 Å². The van der Waals surface area contributed by atoms with E-state index in [1.165, 1.54) is 11.3 Å². The first-order chi connectivity index (χ1) is 6.11. The van der Waals surface area contributed by atoms with Crippen LogP contribution in [0.1, 0.15) is 19.5 Å². The summed E-state index contributed by atoms with van der Waals surface area (Å²) in [7, 11) is 0. The van der Waals surface area contributed by atoms with Gasteiger partial charge in [0.1, 0.15) is 0 Å². The molecule has 0 spiro atoms. The molecule has 0 aliphatic rings. The van der Waals surface area contributed by atoms with Crippen molar-refractivity contribution in [3.63, 3.8) is 0 Å². The van der Waals surface area contributed by atoms with E-state index in [1.807, 2.05) is 19.2 Å². The molecule has 0 saturated heterocycles. The first kappa shape index (κ1) is 10.2. The number of nitrogens with zero attached hydrogens (tertiary/aromatic N) is 1. The van der Waals surface area contributed by atoms with Gasteiger partial charge in [0.05, 0.1) is 17.1 Å². The number of thiazole rings is 1. The van der Waals surface area contributed by atoms with Crippen molar-refractivity contribution in [1.29, 1.82) is 0 Å². The maximum atomic E-state index is 10.8. The highest BCUT2D eigenvalue weighted by Crippen LogP contribution is 2.17. The zero-order valence-electron chi connectivity index (χ0n) is 7.73. The first-order valence-corrected chi connectivity index (χ1v) is 5.15. The molecule has 0 bridgehead atoms. The summed E-state index contributed by atoms with van der Waals surface area (Å²) >= 11 is 1.50. The Labute approximate surface area is 81.4 Å². The molecule has 1 rings (SSSR count). The van der Waals surface area contributed by atoms with E-state index in [-0.39, 0.29) is 11.8 Å². The Morgan fingerprint density at radius 1 is 1.69 bits per heavy atom. The van der Waals surface area contributed by atoms with Crippen molar-refractivity contribution in [2.45, 2.75) is 20.3 Å². The van der Waals surface area contributed by atoms with Crippen molar-refractivity contribution < 1.29 is 9.90 Å². The van der Waals surface area contributed by atoms with E-state index in [1.54, 1.807) is 5.51 Å². The number of rotatable bonds is 4. The molecule has 0 saturated carbocycles. The fourth-order valence-electron chi connectivity index (χ4n) is 1.17.